The SMILES string of the molecule is Cc1ccc(F)c(C2C(N)CCCN2CC(C)C)c1. The molecule has 1 heterocycles. The van der Waals surface area contributed by atoms with Crippen LogP contribution in [0.15, 0.2) is 18.2 Å². The van der Waals surface area contributed by atoms with Crippen molar-refractivity contribution >= 4 is 0 Å². The van der Waals surface area contributed by atoms with Gasteiger partial charge in [-0.3, -0.25) is 4.90 Å². The normalized spacial score (nSPS) is 24.9. The van der Waals surface area contributed by atoms with Crippen LogP contribution in [-0.4, -0.2) is 24.0 Å². The molecule has 0 saturated carbocycles. The lowest BCUT2D eigenvalue weighted by Gasteiger charge is -2.41. The minimum absolute atomic E-state index is 0.0241. The molecular formula is C16H25FN2. The third kappa shape index (κ3) is 3.34. The zero-order valence-corrected chi connectivity index (χ0v) is 12.2. The molecule has 2 unspecified atom stereocenters. The van der Waals surface area contributed by atoms with E-state index in [0.717, 1.165) is 37.1 Å². The Balaban J connectivity index is 2.33. The average molecular weight is 264 g/mol. The zero-order chi connectivity index (χ0) is 14.0. The van der Waals surface area contributed by atoms with E-state index in [1.54, 1.807) is 6.07 Å². The first-order valence-corrected chi connectivity index (χ1v) is 7.24. The highest BCUT2D eigenvalue weighted by molar-refractivity contribution is 5.28. The second kappa shape index (κ2) is 6.02. The third-order valence-corrected chi connectivity index (χ3v) is 3.85. The second-order valence-corrected chi connectivity index (χ2v) is 6.16. The van der Waals surface area contributed by atoms with E-state index in [0.29, 0.717) is 5.92 Å². The number of nitrogens with zero attached hydrogens (tertiary/aromatic N) is 1. The molecule has 2 atom stereocenters. The average Bonchev–Trinajstić information content (AvgIpc) is 2.32. The highest BCUT2D eigenvalue weighted by Crippen LogP contribution is 2.32. The van der Waals surface area contributed by atoms with E-state index in [1.165, 1.54) is 0 Å². The van der Waals surface area contributed by atoms with E-state index in [2.05, 4.69) is 18.7 Å². The molecule has 19 heavy (non-hydrogen) atoms. The summed E-state index contributed by atoms with van der Waals surface area (Å²) in [5.74, 6) is 0.447. The lowest BCUT2D eigenvalue weighted by atomic mass is 9.89. The fourth-order valence-corrected chi connectivity index (χ4v) is 3.09. The standard InChI is InChI=1S/C16H25FN2/c1-11(2)10-19-8-4-5-15(18)16(19)13-9-12(3)6-7-14(13)17/h6-7,9,11,15-16H,4-5,8,10,18H2,1-3H3. The molecular weight excluding hydrogens is 239 g/mol. The molecule has 3 heteroatoms. The van der Waals surface area contributed by atoms with Gasteiger partial charge in [-0.15, -0.1) is 0 Å². The second-order valence-electron chi connectivity index (χ2n) is 6.16. The summed E-state index contributed by atoms with van der Waals surface area (Å²) in [7, 11) is 0. The van der Waals surface area contributed by atoms with Gasteiger partial charge in [-0.05, 0) is 38.3 Å². The molecule has 1 aliphatic heterocycles. The van der Waals surface area contributed by atoms with Crippen molar-refractivity contribution < 1.29 is 4.39 Å². The van der Waals surface area contributed by atoms with Gasteiger partial charge in [0.05, 0.1) is 6.04 Å². The summed E-state index contributed by atoms with van der Waals surface area (Å²) in [6.45, 7) is 8.40. The lowest BCUT2D eigenvalue weighted by Crippen LogP contribution is -2.47. The van der Waals surface area contributed by atoms with Crippen LogP contribution < -0.4 is 5.73 Å². The van der Waals surface area contributed by atoms with Gasteiger partial charge in [0.25, 0.3) is 0 Å². The first kappa shape index (κ1) is 14.5. The van der Waals surface area contributed by atoms with Gasteiger partial charge in [-0.2, -0.15) is 0 Å². The van der Waals surface area contributed by atoms with Gasteiger partial charge >= 0.3 is 0 Å². The smallest absolute Gasteiger partial charge is 0.128 e. The van der Waals surface area contributed by atoms with Crippen LogP contribution in [0.4, 0.5) is 4.39 Å². The topological polar surface area (TPSA) is 29.3 Å². The van der Waals surface area contributed by atoms with Crippen molar-refractivity contribution in [2.75, 3.05) is 13.1 Å². The monoisotopic (exact) mass is 264 g/mol. The molecule has 0 spiro atoms. The number of benzene rings is 1. The Morgan fingerprint density at radius 2 is 2.16 bits per heavy atom. The largest absolute Gasteiger partial charge is 0.326 e. The molecule has 0 radical (unpaired) electrons. The van der Waals surface area contributed by atoms with Crippen molar-refractivity contribution in [1.82, 2.24) is 4.90 Å². The maximum Gasteiger partial charge on any atom is 0.128 e. The van der Waals surface area contributed by atoms with Crippen molar-refractivity contribution in [1.29, 1.82) is 0 Å². The number of hydrogen-bond acceptors (Lipinski definition) is 2. The summed E-state index contributed by atoms with van der Waals surface area (Å²) >= 11 is 0. The van der Waals surface area contributed by atoms with Crippen LogP contribution in [-0.2, 0) is 0 Å². The van der Waals surface area contributed by atoms with E-state index in [4.69, 9.17) is 5.73 Å². The molecule has 1 aromatic carbocycles. The van der Waals surface area contributed by atoms with Gasteiger partial charge in [0.15, 0.2) is 0 Å². The molecule has 0 bridgehead atoms. The molecule has 2 N–H and O–H groups in total. The number of halogens is 1. The predicted octanol–water partition coefficient (Wildman–Crippen LogP) is 3.25. The van der Waals surface area contributed by atoms with Gasteiger partial charge in [-0.1, -0.05) is 31.5 Å². The highest BCUT2D eigenvalue weighted by atomic mass is 19.1. The van der Waals surface area contributed by atoms with Crippen molar-refractivity contribution in [3.8, 4) is 0 Å². The highest BCUT2D eigenvalue weighted by Gasteiger charge is 2.32. The fourth-order valence-electron chi connectivity index (χ4n) is 3.09. The minimum atomic E-state index is -0.123. The van der Waals surface area contributed by atoms with Crippen molar-refractivity contribution in [2.24, 2.45) is 11.7 Å². The number of piperidine rings is 1. The summed E-state index contributed by atoms with van der Waals surface area (Å²) in [5, 5.41) is 0. The molecule has 2 rings (SSSR count). The van der Waals surface area contributed by atoms with E-state index in [-0.39, 0.29) is 17.9 Å². The van der Waals surface area contributed by atoms with Gasteiger partial charge in [0, 0.05) is 18.2 Å². The first-order valence-electron chi connectivity index (χ1n) is 7.24. The van der Waals surface area contributed by atoms with Gasteiger partial charge < -0.3 is 5.73 Å². The zero-order valence-electron chi connectivity index (χ0n) is 12.2. The molecule has 106 valence electrons. The molecule has 1 saturated heterocycles. The van der Waals surface area contributed by atoms with Crippen molar-refractivity contribution in [3.05, 3.63) is 35.1 Å². The first-order chi connectivity index (χ1) is 8.99. The molecule has 0 aromatic heterocycles. The van der Waals surface area contributed by atoms with Crippen LogP contribution in [0.3, 0.4) is 0 Å². The van der Waals surface area contributed by atoms with Crippen LogP contribution in [0.5, 0.6) is 0 Å². The molecule has 1 aromatic rings. The van der Waals surface area contributed by atoms with Crippen LogP contribution in [0.2, 0.25) is 0 Å². The number of hydrogen-bond donors (Lipinski definition) is 1. The number of aryl methyl sites for hydroxylation is 1. The summed E-state index contributed by atoms with van der Waals surface area (Å²) < 4.78 is 14.2. The Hall–Kier alpha value is -0.930. The Bertz CT molecular complexity index is 431. The fraction of sp³-hybridized carbons (Fsp3) is 0.625. The third-order valence-electron chi connectivity index (χ3n) is 3.85. The van der Waals surface area contributed by atoms with Crippen LogP contribution in [0, 0.1) is 18.7 Å². The Morgan fingerprint density at radius 3 is 2.84 bits per heavy atom. The summed E-state index contributed by atoms with van der Waals surface area (Å²) in [6, 6.07) is 5.40. The number of likely N-dealkylation sites (tertiary alicyclic amines) is 1. The molecule has 1 aliphatic rings. The van der Waals surface area contributed by atoms with Crippen molar-refractivity contribution in [2.45, 2.75) is 45.7 Å². The van der Waals surface area contributed by atoms with Gasteiger partial charge in [0.1, 0.15) is 5.82 Å². The van der Waals surface area contributed by atoms with E-state index >= 15 is 0 Å². The van der Waals surface area contributed by atoms with Crippen molar-refractivity contribution in [3.63, 3.8) is 0 Å². The lowest BCUT2D eigenvalue weighted by molar-refractivity contribution is 0.111. The summed E-state index contributed by atoms with van der Waals surface area (Å²) in [6.07, 6.45) is 2.09. The Morgan fingerprint density at radius 1 is 1.42 bits per heavy atom. The molecule has 2 nitrogen and oxygen atoms in total. The summed E-state index contributed by atoms with van der Waals surface area (Å²) in [5.41, 5.74) is 8.15. The molecule has 1 fully saturated rings. The van der Waals surface area contributed by atoms with E-state index in [9.17, 15) is 4.39 Å². The van der Waals surface area contributed by atoms with E-state index in [1.807, 2.05) is 19.1 Å². The maximum atomic E-state index is 14.2. The maximum absolute atomic E-state index is 14.2. The van der Waals surface area contributed by atoms with E-state index < -0.39 is 0 Å². The number of rotatable bonds is 3. The minimum Gasteiger partial charge on any atom is -0.326 e. The van der Waals surface area contributed by atoms with Crippen LogP contribution >= 0.6 is 0 Å². The van der Waals surface area contributed by atoms with Crippen LogP contribution in [0.25, 0.3) is 0 Å². The summed E-state index contributed by atoms with van der Waals surface area (Å²) in [4.78, 5) is 2.36. The Kier molecular flexibility index (Phi) is 4.58. The van der Waals surface area contributed by atoms with Gasteiger partial charge in [-0.25, -0.2) is 4.39 Å². The predicted molar refractivity (Wildman–Crippen MR) is 77.5 cm³/mol. The molecule has 0 aliphatic carbocycles. The Labute approximate surface area is 115 Å². The number of nitrogens with two attached hydrogens (primary N) is 1. The molecule has 0 amide bonds. The quantitative estimate of drug-likeness (QED) is 0.908. The van der Waals surface area contributed by atoms with Gasteiger partial charge in [0.2, 0.25) is 0 Å². The van der Waals surface area contributed by atoms with Crippen LogP contribution in [0.1, 0.15) is 43.9 Å².